The third-order valence-electron chi connectivity index (χ3n) is 4.48. The molecule has 6 heteroatoms. The number of carbonyl (C=O) groups is 1. The minimum absolute atomic E-state index is 0.227. The highest BCUT2D eigenvalue weighted by Crippen LogP contribution is 2.18. The van der Waals surface area contributed by atoms with Gasteiger partial charge < -0.3 is 14.8 Å². The van der Waals surface area contributed by atoms with Crippen molar-refractivity contribution >= 4 is 28.9 Å². The van der Waals surface area contributed by atoms with Gasteiger partial charge in [0.2, 0.25) is 0 Å². The molecule has 5 nitrogen and oxygen atoms in total. The van der Waals surface area contributed by atoms with Gasteiger partial charge in [0.1, 0.15) is 24.7 Å². The highest BCUT2D eigenvalue weighted by molar-refractivity contribution is 7.80. The number of rotatable bonds is 7. The zero-order valence-corrected chi connectivity index (χ0v) is 17.8. The molecule has 0 fully saturated rings. The molecule has 0 unspecified atom stereocenters. The van der Waals surface area contributed by atoms with Crippen LogP contribution < -0.4 is 20.1 Å². The molecule has 0 spiro atoms. The summed E-state index contributed by atoms with van der Waals surface area (Å²) in [4.78, 5) is 12.7. The molecule has 3 rings (SSSR count). The minimum Gasteiger partial charge on any atom is -0.490 e. The summed E-state index contributed by atoms with van der Waals surface area (Å²) >= 11 is 5.29. The summed E-state index contributed by atoms with van der Waals surface area (Å²) in [6.45, 7) is 4.75. The smallest absolute Gasteiger partial charge is 0.261 e. The first-order chi connectivity index (χ1) is 14.5. The van der Waals surface area contributed by atoms with E-state index in [1.54, 1.807) is 18.2 Å². The van der Waals surface area contributed by atoms with Crippen molar-refractivity contribution in [2.45, 2.75) is 13.8 Å². The van der Waals surface area contributed by atoms with E-state index in [0.29, 0.717) is 24.5 Å². The summed E-state index contributed by atoms with van der Waals surface area (Å²) in [6, 6.07) is 22.4. The van der Waals surface area contributed by atoms with E-state index in [1.165, 1.54) is 5.56 Å². The molecule has 0 saturated carbocycles. The Morgan fingerprint density at radius 1 is 0.867 bits per heavy atom. The third-order valence-corrected chi connectivity index (χ3v) is 4.68. The third kappa shape index (κ3) is 6.06. The number of carbonyl (C=O) groups excluding carboxylic acids is 1. The molecular formula is C24H24N2O3S. The van der Waals surface area contributed by atoms with Crippen molar-refractivity contribution in [3.8, 4) is 11.5 Å². The van der Waals surface area contributed by atoms with Gasteiger partial charge >= 0.3 is 0 Å². The molecular weight excluding hydrogens is 396 g/mol. The Balaban J connectivity index is 1.55. The van der Waals surface area contributed by atoms with E-state index < -0.39 is 0 Å². The lowest BCUT2D eigenvalue weighted by Crippen LogP contribution is -2.34. The average molecular weight is 421 g/mol. The first-order valence-electron chi connectivity index (χ1n) is 9.62. The lowest BCUT2D eigenvalue weighted by Gasteiger charge is -2.14. The number of aryl methyl sites for hydroxylation is 2. The van der Waals surface area contributed by atoms with Crippen molar-refractivity contribution in [1.82, 2.24) is 5.32 Å². The molecule has 30 heavy (non-hydrogen) atoms. The van der Waals surface area contributed by atoms with E-state index in [2.05, 4.69) is 10.6 Å². The van der Waals surface area contributed by atoms with Crippen molar-refractivity contribution < 1.29 is 14.3 Å². The molecule has 0 bridgehead atoms. The molecule has 0 heterocycles. The topological polar surface area (TPSA) is 59.6 Å². The summed E-state index contributed by atoms with van der Waals surface area (Å²) in [5.74, 6) is 0.909. The van der Waals surface area contributed by atoms with Crippen molar-refractivity contribution in [2.24, 2.45) is 0 Å². The maximum absolute atomic E-state index is 12.7. The van der Waals surface area contributed by atoms with Crippen LogP contribution in [0.1, 0.15) is 21.5 Å². The summed E-state index contributed by atoms with van der Waals surface area (Å²) in [5, 5.41) is 5.97. The monoisotopic (exact) mass is 420 g/mol. The van der Waals surface area contributed by atoms with Crippen LogP contribution in [-0.2, 0) is 0 Å². The summed E-state index contributed by atoms with van der Waals surface area (Å²) in [5.41, 5.74) is 3.57. The van der Waals surface area contributed by atoms with E-state index in [-0.39, 0.29) is 11.0 Å². The van der Waals surface area contributed by atoms with Gasteiger partial charge in [-0.2, -0.15) is 0 Å². The second-order valence-corrected chi connectivity index (χ2v) is 7.12. The molecule has 0 saturated heterocycles. The second kappa shape index (κ2) is 10.4. The number of hydrogen-bond acceptors (Lipinski definition) is 4. The average Bonchev–Trinajstić information content (AvgIpc) is 2.75. The Morgan fingerprint density at radius 2 is 1.57 bits per heavy atom. The molecule has 0 aliphatic carbocycles. The van der Waals surface area contributed by atoms with E-state index in [1.807, 2.05) is 68.4 Å². The van der Waals surface area contributed by atoms with Gasteiger partial charge in [0.25, 0.3) is 5.91 Å². The van der Waals surface area contributed by atoms with Gasteiger partial charge in [0.15, 0.2) is 5.11 Å². The predicted octanol–water partition coefficient (Wildman–Crippen LogP) is 4.89. The zero-order chi connectivity index (χ0) is 21.3. The standard InChI is InChI=1S/C24H24N2O3S/c1-17-12-13-19(16-18(17)2)25-24(30)26-23(27)21-10-6-7-11-22(21)29-15-14-28-20-8-4-3-5-9-20/h3-13,16H,14-15H2,1-2H3,(H2,25,26,27,30). The normalized spacial score (nSPS) is 10.2. The van der Waals surface area contributed by atoms with Gasteiger partial charge in [-0.1, -0.05) is 36.4 Å². The maximum Gasteiger partial charge on any atom is 0.261 e. The molecule has 154 valence electrons. The molecule has 0 atom stereocenters. The highest BCUT2D eigenvalue weighted by atomic mass is 32.1. The Kier molecular flexibility index (Phi) is 7.40. The van der Waals surface area contributed by atoms with Crippen LogP contribution in [0.25, 0.3) is 0 Å². The Bertz CT molecular complexity index is 1020. The molecule has 1 amide bonds. The SMILES string of the molecule is Cc1ccc(NC(=S)NC(=O)c2ccccc2OCCOc2ccccc2)cc1C. The summed E-state index contributed by atoms with van der Waals surface area (Å²) < 4.78 is 11.4. The van der Waals surface area contributed by atoms with Crippen LogP contribution in [-0.4, -0.2) is 24.2 Å². The largest absolute Gasteiger partial charge is 0.490 e. The van der Waals surface area contributed by atoms with Crippen LogP contribution in [0.2, 0.25) is 0 Å². The maximum atomic E-state index is 12.7. The Morgan fingerprint density at radius 3 is 2.33 bits per heavy atom. The first-order valence-corrected chi connectivity index (χ1v) is 10.0. The van der Waals surface area contributed by atoms with Gasteiger partial charge in [-0.15, -0.1) is 0 Å². The lowest BCUT2D eigenvalue weighted by atomic mass is 10.1. The number of hydrogen-bond donors (Lipinski definition) is 2. The van der Waals surface area contributed by atoms with Crippen LogP contribution >= 0.6 is 12.2 Å². The highest BCUT2D eigenvalue weighted by Gasteiger charge is 2.14. The molecule has 3 aromatic carbocycles. The molecule has 2 N–H and O–H groups in total. The van der Waals surface area contributed by atoms with Gasteiger partial charge in [-0.05, 0) is 73.6 Å². The Labute approximate surface area is 182 Å². The van der Waals surface area contributed by atoms with E-state index in [4.69, 9.17) is 21.7 Å². The van der Waals surface area contributed by atoms with E-state index >= 15 is 0 Å². The number of para-hydroxylation sites is 2. The van der Waals surface area contributed by atoms with Crippen molar-refractivity contribution in [2.75, 3.05) is 18.5 Å². The minimum atomic E-state index is -0.337. The number of nitrogens with one attached hydrogen (secondary N) is 2. The molecule has 0 aliphatic heterocycles. The predicted molar refractivity (Wildman–Crippen MR) is 123 cm³/mol. The number of anilines is 1. The Hall–Kier alpha value is -3.38. The van der Waals surface area contributed by atoms with Gasteiger partial charge in [-0.3, -0.25) is 10.1 Å². The van der Waals surface area contributed by atoms with Crippen LogP contribution in [0, 0.1) is 13.8 Å². The van der Waals surface area contributed by atoms with E-state index in [0.717, 1.165) is 17.0 Å². The molecule has 0 aliphatic rings. The number of benzene rings is 3. The fraction of sp³-hybridized carbons (Fsp3) is 0.167. The quantitative estimate of drug-likeness (QED) is 0.421. The van der Waals surface area contributed by atoms with Crippen LogP contribution in [0.3, 0.4) is 0 Å². The number of amides is 1. The number of thiocarbonyl (C=S) groups is 1. The van der Waals surface area contributed by atoms with Crippen LogP contribution in [0.5, 0.6) is 11.5 Å². The lowest BCUT2D eigenvalue weighted by molar-refractivity contribution is 0.0972. The van der Waals surface area contributed by atoms with Gasteiger partial charge in [0.05, 0.1) is 5.56 Å². The first kappa shape index (κ1) is 21.3. The van der Waals surface area contributed by atoms with Crippen molar-refractivity contribution in [3.05, 3.63) is 89.5 Å². The summed E-state index contributed by atoms with van der Waals surface area (Å²) in [6.07, 6.45) is 0. The van der Waals surface area contributed by atoms with Gasteiger partial charge in [0, 0.05) is 5.69 Å². The van der Waals surface area contributed by atoms with E-state index in [9.17, 15) is 4.79 Å². The van der Waals surface area contributed by atoms with Crippen LogP contribution in [0.4, 0.5) is 5.69 Å². The summed E-state index contributed by atoms with van der Waals surface area (Å²) in [7, 11) is 0. The number of ether oxygens (including phenoxy) is 2. The molecule has 0 aromatic heterocycles. The fourth-order valence-electron chi connectivity index (χ4n) is 2.76. The van der Waals surface area contributed by atoms with Gasteiger partial charge in [-0.25, -0.2) is 0 Å². The van der Waals surface area contributed by atoms with Crippen molar-refractivity contribution in [1.29, 1.82) is 0 Å². The molecule has 3 aromatic rings. The molecule has 0 radical (unpaired) electrons. The van der Waals surface area contributed by atoms with Crippen molar-refractivity contribution in [3.63, 3.8) is 0 Å². The fourth-order valence-corrected chi connectivity index (χ4v) is 2.97. The zero-order valence-electron chi connectivity index (χ0n) is 17.0. The second-order valence-electron chi connectivity index (χ2n) is 6.71. The van der Waals surface area contributed by atoms with Crippen LogP contribution in [0.15, 0.2) is 72.8 Å².